The highest BCUT2D eigenvalue weighted by molar-refractivity contribution is 5.56. The zero-order valence-electron chi connectivity index (χ0n) is 14.0. The normalized spacial score (nSPS) is 45.4. The summed E-state index contributed by atoms with van der Waals surface area (Å²) < 4.78 is 6.03. The van der Waals surface area contributed by atoms with E-state index in [0.717, 1.165) is 23.0 Å². The van der Waals surface area contributed by atoms with Gasteiger partial charge in [0.15, 0.2) is 5.60 Å². The van der Waals surface area contributed by atoms with Crippen molar-refractivity contribution < 1.29 is 19.6 Å². The highest BCUT2D eigenvalue weighted by Gasteiger charge is 2.76. The van der Waals surface area contributed by atoms with E-state index in [2.05, 4.69) is 6.58 Å². The number of benzene rings is 1. The topological polar surface area (TPSA) is 47.9 Å². The maximum atomic E-state index is 10.1. The molecular formula is C20H24O4. The summed E-state index contributed by atoms with van der Waals surface area (Å²) in [5, 5.41) is 10.1. The molecule has 6 rings (SSSR count). The minimum Gasteiger partial charge on any atom is -0.508 e. The fourth-order valence-corrected chi connectivity index (χ4v) is 6.34. The lowest BCUT2D eigenvalue weighted by atomic mass is 9.47. The fraction of sp³-hybridized carbons (Fsp3) is 0.600. The van der Waals surface area contributed by atoms with Crippen molar-refractivity contribution in [2.75, 3.05) is 7.11 Å². The van der Waals surface area contributed by atoms with E-state index in [1.165, 1.54) is 32.1 Å². The Hall–Kier alpha value is -1.36. The first kappa shape index (κ1) is 14.9. The Morgan fingerprint density at radius 3 is 2.29 bits per heavy atom. The molecule has 4 nitrogen and oxygen atoms in total. The number of ether oxygens (including phenoxy) is 1. The molecule has 4 heteroatoms. The first-order chi connectivity index (χ1) is 11.6. The van der Waals surface area contributed by atoms with E-state index in [1.807, 2.05) is 6.07 Å². The maximum absolute atomic E-state index is 10.1. The number of hydrogen-bond donors (Lipinski definition) is 1. The molecule has 0 radical (unpaired) electrons. The van der Waals surface area contributed by atoms with Crippen LogP contribution in [-0.4, -0.2) is 17.8 Å². The van der Waals surface area contributed by atoms with Crippen molar-refractivity contribution >= 4 is 6.08 Å². The van der Waals surface area contributed by atoms with Crippen molar-refractivity contribution in [2.45, 2.75) is 43.5 Å². The SMILES string of the molecule is C=Cc1ccc(O)cc1C1(OC)OOC12C1CC3CC(C1)CC2C3. The first-order valence-electron chi connectivity index (χ1n) is 9.01. The van der Waals surface area contributed by atoms with Gasteiger partial charge in [-0.1, -0.05) is 18.7 Å². The minimum atomic E-state index is -0.947. The maximum Gasteiger partial charge on any atom is 0.261 e. The molecule has 1 atom stereocenters. The zero-order chi connectivity index (χ0) is 16.5. The summed E-state index contributed by atoms with van der Waals surface area (Å²) in [4.78, 5) is 11.7. The third-order valence-electron chi connectivity index (χ3n) is 7.06. The molecule has 1 N–H and O–H groups in total. The van der Waals surface area contributed by atoms with Gasteiger partial charge in [-0.25, -0.2) is 4.89 Å². The van der Waals surface area contributed by atoms with Gasteiger partial charge in [-0.05, 0) is 73.5 Å². The Labute approximate surface area is 142 Å². The fourth-order valence-electron chi connectivity index (χ4n) is 6.34. The molecule has 0 amide bonds. The van der Waals surface area contributed by atoms with E-state index in [1.54, 1.807) is 25.3 Å². The van der Waals surface area contributed by atoms with Crippen LogP contribution < -0.4 is 0 Å². The van der Waals surface area contributed by atoms with E-state index >= 15 is 0 Å². The Balaban J connectivity index is 1.66. The second-order valence-corrected chi connectivity index (χ2v) is 8.06. The molecule has 1 unspecified atom stereocenters. The van der Waals surface area contributed by atoms with Crippen molar-refractivity contribution in [1.82, 2.24) is 0 Å². The molecule has 1 heterocycles. The zero-order valence-corrected chi connectivity index (χ0v) is 14.0. The van der Waals surface area contributed by atoms with Gasteiger partial charge in [-0.3, -0.25) is 0 Å². The van der Waals surface area contributed by atoms with Gasteiger partial charge in [-0.2, -0.15) is 4.89 Å². The molecule has 1 spiro atoms. The predicted octanol–water partition coefficient (Wildman–Crippen LogP) is 3.99. The third-order valence-corrected chi connectivity index (χ3v) is 7.06. The highest BCUT2D eigenvalue weighted by Crippen LogP contribution is 2.69. The van der Waals surface area contributed by atoms with Crippen LogP contribution in [0.3, 0.4) is 0 Å². The van der Waals surface area contributed by atoms with E-state index in [0.29, 0.717) is 11.8 Å². The molecule has 4 saturated carbocycles. The van der Waals surface area contributed by atoms with E-state index in [-0.39, 0.29) is 5.75 Å². The van der Waals surface area contributed by atoms with Crippen LogP contribution in [0, 0.1) is 23.7 Å². The van der Waals surface area contributed by atoms with Crippen molar-refractivity contribution in [3.05, 3.63) is 35.9 Å². The summed E-state index contributed by atoms with van der Waals surface area (Å²) in [5.74, 6) is 1.85. The van der Waals surface area contributed by atoms with Gasteiger partial charge in [0.05, 0.1) is 0 Å². The van der Waals surface area contributed by atoms with Crippen molar-refractivity contribution in [3.63, 3.8) is 0 Å². The van der Waals surface area contributed by atoms with Crippen LogP contribution in [0.4, 0.5) is 0 Å². The van der Waals surface area contributed by atoms with E-state index < -0.39 is 11.4 Å². The van der Waals surface area contributed by atoms with Crippen LogP contribution in [0.25, 0.3) is 6.08 Å². The summed E-state index contributed by atoms with van der Waals surface area (Å²) in [7, 11) is 1.69. The van der Waals surface area contributed by atoms with Crippen LogP contribution in [0.5, 0.6) is 5.75 Å². The molecule has 1 aromatic carbocycles. The molecule has 1 aromatic rings. The summed E-state index contributed by atoms with van der Waals surface area (Å²) in [6.45, 7) is 3.92. The lowest BCUT2D eigenvalue weighted by molar-refractivity contribution is -0.645. The standard InChI is InChI=1S/C20H24O4/c1-3-14-4-5-17(21)11-18(14)20(22-2)19(23-24-20)15-7-12-6-13(9-15)10-16(19)8-12/h3-5,11-13,15-16,21H,1,6-10H2,2H3. The van der Waals surface area contributed by atoms with Gasteiger partial charge in [-0.15, -0.1) is 0 Å². The van der Waals surface area contributed by atoms with Crippen molar-refractivity contribution in [3.8, 4) is 5.75 Å². The van der Waals surface area contributed by atoms with Crippen LogP contribution in [-0.2, 0) is 20.3 Å². The number of rotatable bonds is 3. The van der Waals surface area contributed by atoms with Crippen molar-refractivity contribution in [2.24, 2.45) is 23.7 Å². The van der Waals surface area contributed by atoms with Crippen LogP contribution in [0.2, 0.25) is 0 Å². The number of hydrogen-bond acceptors (Lipinski definition) is 4. The quantitative estimate of drug-likeness (QED) is 0.852. The van der Waals surface area contributed by atoms with Gasteiger partial charge in [0.2, 0.25) is 0 Å². The summed E-state index contributed by atoms with van der Waals surface area (Å²) in [6.07, 6.45) is 7.97. The minimum absolute atomic E-state index is 0.210. The second kappa shape index (κ2) is 4.84. The molecule has 5 aliphatic rings. The van der Waals surface area contributed by atoms with Gasteiger partial charge in [0.25, 0.3) is 5.79 Å². The highest BCUT2D eigenvalue weighted by atomic mass is 17.3. The number of methoxy groups -OCH3 is 1. The van der Waals surface area contributed by atoms with Crippen LogP contribution in [0.1, 0.15) is 43.2 Å². The Morgan fingerprint density at radius 1 is 1.12 bits per heavy atom. The summed E-state index contributed by atoms with van der Waals surface area (Å²) in [5.41, 5.74) is 1.32. The lowest BCUT2D eigenvalue weighted by Gasteiger charge is -2.68. The molecule has 4 bridgehead atoms. The summed E-state index contributed by atoms with van der Waals surface area (Å²) >= 11 is 0. The van der Waals surface area contributed by atoms with E-state index in [4.69, 9.17) is 14.5 Å². The Bertz CT molecular complexity index is 665. The van der Waals surface area contributed by atoms with Gasteiger partial charge < -0.3 is 9.84 Å². The monoisotopic (exact) mass is 328 g/mol. The molecular weight excluding hydrogens is 304 g/mol. The largest absolute Gasteiger partial charge is 0.508 e. The Morgan fingerprint density at radius 2 is 1.79 bits per heavy atom. The smallest absolute Gasteiger partial charge is 0.261 e. The van der Waals surface area contributed by atoms with Crippen LogP contribution in [0.15, 0.2) is 24.8 Å². The molecule has 24 heavy (non-hydrogen) atoms. The summed E-state index contributed by atoms with van der Waals surface area (Å²) in [6, 6.07) is 5.28. The number of aromatic hydroxyl groups is 1. The number of phenolic OH excluding ortho intramolecular Hbond substituents is 1. The van der Waals surface area contributed by atoms with Crippen molar-refractivity contribution in [1.29, 1.82) is 0 Å². The van der Waals surface area contributed by atoms with Gasteiger partial charge in [0, 0.05) is 12.7 Å². The van der Waals surface area contributed by atoms with Gasteiger partial charge >= 0.3 is 0 Å². The van der Waals surface area contributed by atoms with E-state index in [9.17, 15) is 5.11 Å². The molecule has 5 fully saturated rings. The Kier molecular flexibility index (Phi) is 3.01. The average Bonchev–Trinajstić information content (AvgIpc) is 2.54. The molecule has 128 valence electrons. The first-order valence-corrected chi connectivity index (χ1v) is 9.01. The lowest BCUT2D eigenvalue weighted by Crippen LogP contribution is -2.76. The number of phenols is 1. The second-order valence-electron chi connectivity index (χ2n) is 8.06. The molecule has 1 aliphatic heterocycles. The van der Waals surface area contributed by atoms with Crippen LogP contribution >= 0.6 is 0 Å². The van der Waals surface area contributed by atoms with Gasteiger partial charge in [0.1, 0.15) is 5.75 Å². The third kappa shape index (κ3) is 1.60. The molecule has 4 aliphatic carbocycles. The molecule has 0 aromatic heterocycles. The molecule has 1 saturated heterocycles. The predicted molar refractivity (Wildman–Crippen MR) is 88.8 cm³/mol. The average molecular weight is 328 g/mol.